The van der Waals surface area contributed by atoms with Gasteiger partial charge < -0.3 is 4.74 Å². The first-order valence-corrected chi connectivity index (χ1v) is 7.48. The summed E-state index contributed by atoms with van der Waals surface area (Å²) < 4.78 is 32.3. The van der Waals surface area contributed by atoms with Gasteiger partial charge in [0.1, 0.15) is 0 Å². The van der Waals surface area contributed by atoms with Crippen LogP contribution in [0.5, 0.6) is 0 Å². The van der Waals surface area contributed by atoms with Crippen molar-refractivity contribution in [1.29, 1.82) is 0 Å². The van der Waals surface area contributed by atoms with E-state index in [0.717, 1.165) is 12.8 Å². The Bertz CT molecular complexity index is 402. The van der Waals surface area contributed by atoms with Crippen molar-refractivity contribution >= 4 is 16.1 Å². The van der Waals surface area contributed by atoms with Crippen LogP contribution in [0.3, 0.4) is 0 Å². The quantitative estimate of drug-likeness (QED) is 0.559. The largest absolute Gasteiger partial charge is 0.469 e. The Morgan fingerprint density at radius 3 is 2.76 bits per heavy atom. The summed E-state index contributed by atoms with van der Waals surface area (Å²) in [7, 11) is -1.91. The SMILES string of the molecule is COC(=O)CCC1CC2CS(=O)(=O)OC2C1C. The maximum atomic E-state index is 11.3. The predicted octanol–water partition coefficient (Wildman–Crippen LogP) is 0.940. The monoisotopic (exact) mass is 262 g/mol. The summed E-state index contributed by atoms with van der Waals surface area (Å²) in [4.78, 5) is 11.1. The van der Waals surface area contributed by atoms with E-state index < -0.39 is 10.1 Å². The smallest absolute Gasteiger partial charge is 0.305 e. The molecule has 4 atom stereocenters. The molecule has 2 rings (SSSR count). The van der Waals surface area contributed by atoms with E-state index >= 15 is 0 Å². The molecule has 4 unspecified atom stereocenters. The minimum Gasteiger partial charge on any atom is -0.469 e. The molecule has 98 valence electrons. The Morgan fingerprint density at radius 2 is 2.18 bits per heavy atom. The molecule has 0 spiro atoms. The molecule has 1 heterocycles. The van der Waals surface area contributed by atoms with Crippen molar-refractivity contribution in [2.45, 2.75) is 32.3 Å². The molecular weight excluding hydrogens is 244 g/mol. The topological polar surface area (TPSA) is 69.7 Å². The van der Waals surface area contributed by atoms with Gasteiger partial charge in [-0.15, -0.1) is 0 Å². The number of rotatable bonds is 3. The third-order valence-corrected chi connectivity index (χ3v) is 5.31. The lowest BCUT2D eigenvalue weighted by atomic mass is 9.92. The molecule has 1 aliphatic carbocycles. The van der Waals surface area contributed by atoms with Gasteiger partial charge in [0, 0.05) is 12.3 Å². The van der Waals surface area contributed by atoms with E-state index in [4.69, 9.17) is 4.18 Å². The van der Waals surface area contributed by atoms with Crippen LogP contribution in [0.4, 0.5) is 0 Å². The van der Waals surface area contributed by atoms with E-state index in [1.165, 1.54) is 7.11 Å². The van der Waals surface area contributed by atoms with Crippen LogP contribution in [-0.4, -0.2) is 33.4 Å². The number of ether oxygens (including phenoxy) is 1. The fourth-order valence-electron chi connectivity index (χ4n) is 3.02. The van der Waals surface area contributed by atoms with Gasteiger partial charge in [-0.05, 0) is 24.7 Å². The highest BCUT2D eigenvalue weighted by Gasteiger charge is 2.49. The van der Waals surface area contributed by atoms with Gasteiger partial charge in [-0.1, -0.05) is 6.92 Å². The van der Waals surface area contributed by atoms with Crippen molar-refractivity contribution in [1.82, 2.24) is 0 Å². The lowest BCUT2D eigenvalue weighted by Gasteiger charge is -2.18. The normalized spacial score (nSPS) is 38.9. The Morgan fingerprint density at radius 1 is 1.47 bits per heavy atom. The summed E-state index contributed by atoms with van der Waals surface area (Å²) >= 11 is 0. The van der Waals surface area contributed by atoms with E-state index in [1.807, 2.05) is 6.92 Å². The zero-order chi connectivity index (χ0) is 12.6. The lowest BCUT2D eigenvalue weighted by Crippen LogP contribution is -2.20. The Kier molecular flexibility index (Phi) is 3.45. The highest BCUT2D eigenvalue weighted by molar-refractivity contribution is 7.86. The van der Waals surface area contributed by atoms with Gasteiger partial charge in [0.05, 0.1) is 19.0 Å². The number of fused-ring (bicyclic) bond motifs is 1. The zero-order valence-electron chi connectivity index (χ0n) is 10.1. The Hall–Kier alpha value is -0.620. The molecule has 1 aliphatic heterocycles. The second kappa shape index (κ2) is 4.57. The summed E-state index contributed by atoms with van der Waals surface area (Å²) in [5, 5.41) is 0. The minimum absolute atomic E-state index is 0.109. The molecular formula is C11H18O5S. The van der Waals surface area contributed by atoms with Crippen LogP contribution in [0.1, 0.15) is 26.2 Å². The Labute approximate surface area is 102 Å². The molecule has 0 aromatic carbocycles. The molecule has 17 heavy (non-hydrogen) atoms. The lowest BCUT2D eigenvalue weighted by molar-refractivity contribution is -0.141. The third-order valence-electron chi connectivity index (χ3n) is 3.95. The molecule has 0 radical (unpaired) electrons. The van der Waals surface area contributed by atoms with Gasteiger partial charge in [0.15, 0.2) is 0 Å². The van der Waals surface area contributed by atoms with Crippen LogP contribution >= 0.6 is 0 Å². The summed E-state index contributed by atoms with van der Waals surface area (Å²) in [5.74, 6) is 0.596. The van der Waals surface area contributed by atoms with Crippen LogP contribution in [0.15, 0.2) is 0 Å². The van der Waals surface area contributed by atoms with E-state index in [1.54, 1.807) is 0 Å². The molecule has 0 amide bonds. The maximum absolute atomic E-state index is 11.3. The van der Waals surface area contributed by atoms with Crippen molar-refractivity contribution in [3.8, 4) is 0 Å². The molecule has 2 fully saturated rings. The van der Waals surface area contributed by atoms with Gasteiger partial charge in [-0.3, -0.25) is 8.98 Å². The fraction of sp³-hybridized carbons (Fsp3) is 0.909. The average molecular weight is 262 g/mol. The maximum Gasteiger partial charge on any atom is 0.305 e. The van der Waals surface area contributed by atoms with Crippen molar-refractivity contribution in [2.24, 2.45) is 17.8 Å². The second-order valence-electron chi connectivity index (χ2n) is 5.01. The van der Waals surface area contributed by atoms with Crippen LogP contribution in [-0.2, 0) is 23.8 Å². The molecule has 6 heteroatoms. The highest BCUT2D eigenvalue weighted by atomic mass is 32.2. The number of carbonyl (C=O) groups excluding carboxylic acids is 1. The van der Waals surface area contributed by atoms with Gasteiger partial charge in [0.25, 0.3) is 10.1 Å². The molecule has 1 saturated heterocycles. The average Bonchev–Trinajstić information content (AvgIpc) is 2.70. The number of hydrogen-bond donors (Lipinski definition) is 0. The molecule has 1 saturated carbocycles. The summed E-state index contributed by atoms with van der Waals surface area (Å²) in [6, 6.07) is 0. The number of methoxy groups -OCH3 is 1. The third kappa shape index (κ3) is 2.63. The van der Waals surface area contributed by atoms with Gasteiger partial charge in [-0.2, -0.15) is 8.42 Å². The first kappa shape index (κ1) is 12.8. The predicted molar refractivity (Wildman–Crippen MR) is 60.7 cm³/mol. The Balaban J connectivity index is 1.92. The highest BCUT2D eigenvalue weighted by Crippen LogP contribution is 2.45. The standard InChI is InChI=1S/C11H18O5S/c1-7-8(3-4-10(12)15-2)5-9-6-17(13,14)16-11(7)9/h7-9,11H,3-6H2,1-2H3. The van der Waals surface area contributed by atoms with Crippen molar-refractivity contribution in [3.05, 3.63) is 0 Å². The van der Waals surface area contributed by atoms with E-state index in [-0.39, 0.29) is 29.7 Å². The van der Waals surface area contributed by atoms with Crippen LogP contribution < -0.4 is 0 Å². The first-order chi connectivity index (χ1) is 7.93. The number of carbonyl (C=O) groups is 1. The number of esters is 1. The summed E-state index contributed by atoms with van der Waals surface area (Å²) in [6.45, 7) is 2.01. The molecule has 0 aromatic rings. The van der Waals surface area contributed by atoms with E-state index in [9.17, 15) is 13.2 Å². The summed E-state index contributed by atoms with van der Waals surface area (Å²) in [5.41, 5.74) is 0. The van der Waals surface area contributed by atoms with Crippen molar-refractivity contribution in [3.63, 3.8) is 0 Å². The van der Waals surface area contributed by atoms with Gasteiger partial charge >= 0.3 is 5.97 Å². The molecule has 2 aliphatic rings. The summed E-state index contributed by atoms with van der Waals surface area (Å²) in [6.07, 6.45) is 1.81. The minimum atomic E-state index is -3.29. The first-order valence-electron chi connectivity index (χ1n) is 5.90. The van der Waals surface area contributed by atoms with Crippen LogP contribution in [0, 0.1) is 17.8 Å². The van der Waals surface area contributed by atoms with Crippen molar-refractivity contribution in [2.75, 3.05) is 12.9 Å². The second-order valence-corrected chi connectivity index (χ2v) is 6.66. The van der Waals surface area contributed by atoms with Crippen LogP contribution in [0.25, 0.3) is 0 Å². The van der Waals surface area contributed by atoms with Gasteiger partial charge in [-0.25, -0.2) is 0 Å². The molecule has 0 aromatic heterocycles. The molecule has 5 nitrogen and oxygen atoms in total. The molecule has 0 bridgehead atoms. The fourth-order valence-corrected chi connectivity index (χ4v) is 4.62. The van der Waals surface area contributed by atoms with Crippen LogP contribution in [0.2, 0.25) is 0 Å². The zero-order valence-corrected chi connectivity index (χ0v) is 10.9. The molecule has 0 N–H and O–H groups in total. The van der Waals surface area contributed by atoms with Gasteiger partial charge in [0.2, 0.25) is 0 Å². The van der Waals surface area contributed by atoms with E-state index in [2.05, 4.69) is 4.74 Å². The van der Waals surface area contributed by atoms with Crippen molar-refractivity contribution < 1.29 is 22.1 Å². The van der Waals surface area contributed by atoms with E-state index in [0.29, 0.717) is 12.3 Å². The number of hydrogen-bond acceptors (Lipinski definition) is 5.